The molecule has 120 valence electrons. The third-order valence-corrected chi connectivity index (χ3v) is 4.52. The van der Waals surface area contributed by atoms with E-state index < -0.39 is 6.23 Å². The van der Waals surface area contributed by atoms with Crippen molar-refractivity contribution in [1.82, 2.24) is 4.90 Å². The van der Waals surface area contributed by atoms with Gasteiger partial charge < -0.3 is 15.7 Å². The van der Waals surface area contributed by atoms with Gasteiger partial charge in [-0.05, 0) is 30.7 Å². The van der Waals surface area contributed by atoms with Crippen LogP contribution in [0.25, 0.3) is 0 Å². The average Bonchev–Trinajstić information content (AvgIpc) is 2.51. The summed E-state index contributed by atoms with van der Waals surface area (Å²) in [5.74, 6) is 0.604. The summed E-state index contributed by atoms with van der Waals surface area (Å²) in [4.78, 5) is 6.33. The molecule has 0 saturated carbocycles. The zero-order valence-corrected chi connectivity index (χ0v) is 14.1. The van der Waals surface area contributed by atoms with Crippen LogP contribution in [0.5, 0.6) is 0 Å². The monoisotopic (exact) mass is 349 g/mol. The van der Waals surface area contributed by atoms with E-state index in [1.165, 1.54) is 0 Å². The van der Waals surface area contributed by atoms with Gasteiger partial charge >= 0.3 is 0 Å². The first-order valence-corrected chi connectivity index (χ1v) is 8.05. The van der Waals surface area contributed by atoms with Crippen LogP contribution in [-0.4, -0.2) is 21.9 Å². The van der Waals surface area contributed by atoms with Gasteiger partial charge in [0, 0.05) is 17.1 Å². The molecule has 4 nitrogen and oxygen atoms in total. The molecule has 23 heavy (non-hydrogen) atoms. The number of aliphatic imine (C=N–C) groups is 1. The Kier molecular flexibility index (Phi) is 4.60. The van der Waals surface area contributed by atoms with E-state index in [0.29, 0.717) is 33.7 Å². The van der Waals surface area contributed by atoms with E-state index in [-0.39, 0.29) is 6.04 Å². The zero-order chi connectivity index (χ0) is 16.6. The van der Waals surface area contributed by atoms with E-state index in [2.05, 4.69) is 4.99 Å². The van der Waals surface area contributed by atoms with E-state index in [1.807, 2.05) is 37.3 Å². The minimum atomic E-state index is -0.923. The fraction of sp³-hybridized carbons (Fsp3) is 0.235. The summed E-state index contributed by atoms with van der Waals surface area (Å²) in [6, 6.07) is 12.5. The number of amidine groups is 1. The lowest BCUT2D eigenvalue weighted by Crippen LogP contribution is -2.45. The fourth-order valence-corrected chi connectivity index (χ4v) is 3.15. The van der Waals surface area contributed by atoms with Crippen molar-refractivity contribution in [1.29, 1.82) is 0 Å². The van der Waals surface area contributed by atoms with Gasteiger partial charge in [-0.25, -0.2) is 4.99 Å². The van der Waals surface area contributed by atoms with Crippen LogP contribution in [0.1, 0.15) is 24.3 Å². The second-order valence-corrected chi connectivity index (χ2v) is 6.34. The lowest BCUT2D eigenvalue weighted by molar-refractivity contribution is 0.0434. The molecule has 3 N–H and O–H groups in total. The molecule has 1 heterocycles. The first-order chi connectivity index (χ1) is 11.0. The molecule has 0 saturated heterocycles. The minimum Gasteiger partial charge on any atom is -0.369 e. The van der Waals surface area contributed by atoms with Crippen molar-refractivity contribution in [3.05, 3.63) is 63.6 Å². The summed E-state index contributed by atoms with van der Waals surface area (Å²) in [6.45, 7) is 2.23. The zero-order valence-electron chi connectivity index (χ0n) is 12.6. The number of aliphatic hydroxyl groups is 1. The smallest absolute Gasteiger partial charge is 0.158 e. The third kappa shape index (κ3) is 3.08. The quantitative estimate of drug-likeness (QED) is 0.883. The summed E-state index contributed by atoms with van der Waals surface area (Å²) in [5, 5.41) is 11.9. The second-order valence-electron chi connectivity index (χ2n) is 5.52. The molecule has 0 aromatic heterocycles. The van der Waals surface area contributed by atoms with E-state index in [1.54, 1.807) is 17.0 Å². The molecular formula is C17H17Cl2N3O. The predicted molar refractivity (Wildman–Crippen MR) is 94.2 cm³/mol. The number of hydrogen-bond donors (Lipinski definition) is 2. The summed E-state index contributed by atoms with van der Waals surface area (Å²) in [7, 11) is 0. The van der Waals surface area contributed by atoms with Crippen LogP contribution >= 0.6 is 23.2 Å². The molecule has 0 radical (unpaired) electrons. The summed E-state index contributed by atoms with van der Waals surface area (Å²) < 4.78 is 0. The minimum absolute atomic E-state index is 0.334. The Hall–Kier alpha value is -1.59. The number of hydrogen-bond acceptors (Lipinski definition) is 4. The van der Waals surface area contributed by atoms with E-state index in [9.17, 15) is 5.11 Å². The maximum Gasteiger partial charge on any atom is 0.158 e. The Morgan fingerprint density at radius 1 is 1.17 bits per heavy atom. The highest BCUT2D eigenvalue weighted by Crippen LogP contribution is 2.39. The highest BCUT2D eigenvalue weighted by Gasteiger charge is 2.32. The Morgan fingerprint density at radius 2 is 1.87 bits per heavy atom. The van der Waals surface area contributed by atoms with Crippen molar-refractivity contribution < 1.29 is 5.11 Å². The summed E-state index contributed by atoms with van der Waals surface area (Å²) in [5.41, 5.74) is 8.18. The molecule has 0 amide bonds. The SMILES string of the molecule is C[C@H](N)C1=Nc2cccc(Cl)c2C(O)N1Cc1ccccc1Cl. The highest BCUT2D eigenvalue weighted by atomic mass is 35.5. The molecule has 1 aliphatic heterocycles. The van der Waals surface area contributed by atoms with Gasteiger partial charge in [0.05, 0.1) is 16.8 Å². The van der Waals surface area contributed by atoms with Gasteiger partial charge in [-0.15, -0.1) is 0 Å². The van der Waals surface area contributed by atoms with Gasteiger partial charge in [0.1, 0.15) is 5.84 Å². The van der Waals surface area contributed by atoms with E-state index >= 15 is 0 Å². The van der Waals surface area contributed by atoms with Crippen molar-refractivity contribution in [2.24, 2.45) is 10.7 Å². The third-order valence-electron chi connectivity index (χ3n) is 3.82. The van der Waals surface area contributed by atoms with E-state index in [0.717, 1.165) is 5.56 Å². The number of benzene rings is 2. The topological polar surface area (TPSA) is 61.9 Å². The number of rotatable bonds is 3. The second kappa shape index (κ2) is 6.49. The number of halogens is 2. The van der Waals surface area contributed by atoms with Crippen molar-refractivity contribution in [3.63, 3.8) is 0 Å². The molecule has 0 spiro atoms. The Labute approximate surface area is 145 Å². The van der Waals surface area contributed by atoms with Crippen LogP contribution in [0.15, 0.2) is 47.5 Å². The number of nitrogens with two attached hydrogens (primary N) is 1. The number of aliphatic hydroxyl groups excluding tert-OH is 1. The molecule has 1 aliphatic rings. The molecule has 2 aromatic carbocycles. The maximum absolute atomic E-state index is 10.8. The standard InChI is InChI=1S/C17H17Cl2N3O/c1-10(20)16-21-14-8-4-7-13(19)15(14)17(23)22(16)9-11-5-2-3-6-12(11)18/h2-8,10,17,23H,9,20H2,1H3/t10-,17?/m0/s1. The molecule has 0 aliphatic carbocycles. The van der Waals surface area contributed by atoms with Crippen LogP contribution in [0, 0.1) is 0 Å². The van der Waals surface area contributed by atoms with Gasteiger partial charge in [-0.3, -0.25) is 0 Å². The lowest BCUT2D eigenvalue weighted by Gasteiger charge is -2.37. The Balaban J connectivity index is 2.06. The summed E-state index contributed by atoms with van der Waals surface area (Å²) >= 11 is 12.5. The van der Waals surface area contributed by atoms with Gasteiger partial charge in [-0.2, -0.15) is 0 Å². The first-order valence-electron chi connectivity index (χ1n) is 7.29. The Bertz CT molecular complexity index is 761. The van der Waals surface area contributed by atoms with Gasteiger partial charge in [0.25, 0.3) is 0 Å². The van der Waals surface area contributed by atoms with Crippen molar-refractivity contribution >= 4 is 34.7 Å². The van der Waals surface area contributed by atoms with Crippen LogP contribution < -0.4 is 5.73 Å². The van der Waals surface area contributed by atoms with Crippen LogP contribution in [0.4, 0.5) is 5.69 Å². The van der Waals surface area contributed by atoms with Crippen LogP contribution in [0.3, 0.4) is 0 Å². The molecule has 1 unspecified atom stereocenters. The van der Waals surface area contributed by atoms with Crippen molar-refractivity contribution in [2.75, 3.05) is 0 Å². The molecular weight excluding hydrogens is 333 g/mol. The number of nitrogens with zero attached hydrogens (tertiary/aromatic N) is 2. The molecule has 0 fully saturated rings. The first kappa shape index (κ1) is 16.3. The van der Waals surface area contributed by atoms with Gasteiger partial charge in [-0.1, -0.05) is 47.5 Å². The maximum atomic E-state index is 10.8. The molecule has 2 aromatic rings. The van der Waals surface area contributed by atoms with E-state index in [4.69, 9.17) is 28.9 Å². The molecule has 0 bridgehead atoms. The predicted octanol–water partition coefficient (Wildman–Crippen LogP) is 3.88. The van der Waals surface area contributed by atoms with Crippen LogP contribution in [0.2, 0.25) is 10.0 Å². The van der Waals surface area contributed by atoms with Gasteiger partial charge in [0.2, 0.25) is 0 Å². The van der Waals surface area contributed by atoms with Crippen molar-refractivity contribution in [2.45, 2.75) is 25.7 Å². The fourth-order valence-electron chi connectivity index (χ4n) is 2.69. The molecule has 2 atom stereocenters. The Morgan fingerprint density at radius 3 is 2.57 bits per heavy atom. The highest BCUT2D eigenvalue weighted by molar-refractivity contribution is 6.32. The van der Waals surface area contributed by atoms with Gasteiger partial charge in [0.15, 0.2) is 6.23 Å². The average molecular weight is 350 g/mol. The van der Waals surface area contributed by atoms with Crippen LogP contribution in [-0.2, 0) is 6.54 Å². The largest absolute Gasteiger partial charge is 0.369 e. The summed E-state index contributed by atoms with van der Waals surface area (Å²) in [6.07, 6.45) is -0.923. The van der Waals surface area contributed by atoms with Crippen molar-refractivity contribution in [3.8, 4) is 0 Å². The molecule has 3 rings (SSSR count). The lowest BCUT2D eigenvalue weighted by atomic mass is 10.1. The normalized spacial score (nSPS) is 18.4. The number of fused-ring (bicyclic) bond motifs is 1. The molecule has 6 heteroatoms.